The monoisotopic (exact) mass is 317 g/mol. The van der Waals surface area contributed by atoms with Gasteiger partial charge in [-0.3, -0.25) is 9.59 Å². The Labute approximate surface area is 134 Å². The number of hydrogen-bond acceptors (Lipinski definition) is 4. The van der Waals surface area contributed by atoms with Crippen molar-refractivity contribution in [3.05, 3.63) is 46.8 Å². The second-order valence-electron chi connectivity index (χ2n) is 5.20. The number of methoxy groups -OCH3 is 2. The molecule has 0 bridgehead atoms. The number of nitrogens with zero attached hydrogens (tertiary/aromatic N) is 1. The average Bonchev–Trinajstić information content (AvgIpc) is 2.79. The number of aromatic nitrogens is 1. The highest BCUT2D eigenvalue weighted by Gasteiger charge is 2.20. The average molecular weight is 317 g/mol. The molecule has 122 valence electrons. The van der Waals surface area contributed by atoms with Crippen molar-refractivity contribution < 1.29 is 24.2 Å². The molecule has 2 aromatic rings. The van der Waals surface area contributed by atoms with Crippen molar-refractivity contribution in [1.29, 1.82) is 0 Å². The van der Waals surface area contributed by atoms with Crippen molar-refractivity contribution in [3.63, 3.8) is 0 Å². The van der Waals surface area contributed by atoms with Gasteiger partial charge in [0.1, 0.15) is 0 Å². The number of ether oxygens (including phenoxy) is 2. The molecule has 0 amide bonds. The Bertz CT molecular complexity index is 761. The van der Waals surface area contributed by atoms with E-state index in [0.29, 0.717) is 28.5 Å². The Morgan fingerprint density at radius 1 is 1.13 bits per heavy atom. The van der Waals surface area contributed by atoms with E-state index in [1.807, 2.05) is 0 Å². The van der Waals surface area contributed by atoms with Crippen LogP contribution in [0.2, 0.25) is 0 Å². The zero-order valence-electron chi connectivity index (χ0n) is 13.5. The Morgan fingerprint density at radius 3 is 2.35 bits per heavy atom. The summed E-state index contributed by atoms with van der Waals surface area (Å²) in [5.74, 6) is -0.117. The lowest BCUT2D eigenvalue weighted by molar-refractivity contribution is -0.136. The third kappa shape index (κ3) is 3.21. The van der Waals surface area contributed by atoms with Crippen LogP contribution in [0.1, 0.15) is 27.3 Å². The van der Waals surface area contributed by atoms with Gasteiger partial charge in [-0.2, -0.15) is 0 Å². The molecule has 0 atom stereocenters. The number of aliphatic carboxylic acids is 1. The Balaban J connectivity index is 2.45. The first kappa shape index (κ1) is 16.6. The van der Waals surface area contributed by atoms with E-state index in [2.05, 4.69) is 0 Å². The number of carbonyl (C=O) groups is 2. The topological polar surface area (TPSA) is 77.8 Å². The van der Waals surface area contributed by atoms with Crippen LogP contribution in [0.3, 0.4) is 0 Å². The lowest BCUT2D eigenvalue weighted by atomic mass is 10.1. The summed E-state index contributed by atoms with van der Waals surface area (Å²) in [5.41, 5.74) is 2.24. The first-order valence-corrected chi connectivity index (χ1v) is 7.02. The molecule has 6 nitrogen and oxygen atoms in total. The third-order valence-corrected chi connectivity index (χ3v) is 3.72. The minimum Gasteiger partial charge on any atom is -0.493 e. The lowest BCUT2D eigenvalue weighted by Crippen LogP contribution is -2.12. The second-order valence-corrected chi connectivity index (χ2v) is 5.20. The molecule has 1 aromatic heterocycles. The van der Waals surface area contributed by atoms with Crippen LogP contribution in [-0.4, -0.2) is 35.6 Å². The lowest BCUT2D eigenvalue weighted by Gasteiger charge is -2.10. The van der Waals surface area contributed by atoms with Gasteiger partial charge in [0.05, 0.1) is 26.3 Å². The molecule has 1 N–H and O–H groups in total. The summed E-state index contributed by atoms with van der Waals surface area (Å²) in [6, 6.07) is 6.67. The van der Waals surface area contributed by atoms with Crippen LogP contribution in [-0.2, 0) is 18.3 Å². The molecule has 0 fully saturated rings. The van der Waals surface area contributed by atoms with Crippen molar-refractivity contribution in [2.45, 2.75) is 13.3 Å². The van der Waals surface area contributed by atoms with Crippen LogP contribution in [0.5, 0.6) is 11.5 Å². The van der Waals surface area contributed by atoms with E-state index in [4.69, 9.17) is 14.6 Å². The maximum Gasteiger partial charge on any atom is 0.309 e. The standard InChI is InChI=1S/C17H19NO5/c1-10-7-12(9-15(19)20)18(2)16(10)17(21)11-5-6-13(22-3)14(8-11)23-4/h5-8H,9H2,1-4H3,(H,19,20). The van der Waals surface area contributed by atoms with Gasteiger partial charge in [0.25, 0.3) is 0 Å². The van der Waals surface area contributed by atoms with Gasteiger partial charge in [-0.1, -0.05) is 0 Å². The van der Waals surface area contributed by atoms with Gasteiger partial charge in [0.15, 0.2) is 11.5 Å². The van der Waals surface area contributed by atoms with E-state index in [1.165, 1.54) is 14.2 Å². The predicted molar refractivity (Wildman–Crippen MR) is 84.5 cm³/mol. The molecule has 2 rings (SSSR count). The summed E-state index contributed by atoms with van der Waals surface area (Å²) in [6.07, 6.45) is -0.128. The highest BCUT2D eigenvalue weighted by atomic mass is 16.5. The predicted octanol–water partition coefficient (Wildman–Crippen LogP) is 2.21. The second kappa shape index (κ2) is 6.56. The maximum atomic E-state index is 12.8. The van der Waals surface area contributed by atoms with E-state index < -0.39 is 5.97 Å². The molecule has 0 aliphatic carbocycles. The molecule has 0 radical (unpaired) electrons. The normalized spacial score (nSPS) is 10.4. The SMILES string of the molecule is COc1ccc(C(=O)c2c(C)cc(CC(=O)O)n2C)cc1OC. The summed E-state index contributed by atoms with van der Waals surface area (Å²) in [5, 5.41) is 8.94. The molecule has 0 unspecified atom stereocenters. The van der Waals surface area contributed by atoms with E-state index in [9.17, 15) is 9.59 Å². The fourth-order valence-electron chi connectivity index (χ4n) is 2.59. The van der Waals surface area contributed by atoms with Crippen LogP contribution in [0.15, 0.2) is 24.3 Å². The van der Waals surface area contributed by atoms with Gasteiger partial charge >= 0.3 is 5.97 Å². The molecule has 1 aromatic carbocycles. The summed E-state index contributed by atoms with van der Waals surface area (Å²) in [7, 11) is 4.73. The molecular formula is C17H19NO5. The first-order valence-electron chi connectivity index (χ1n) is 7.02. The van der Waals surface area contributed by atoms with Gasteiger partial charge in [-0.15, -0.1) is 0 Å². The number of carboxylic acid groups (broad SMARTS) is 1. The molecule has 23 heavy (non-hydrogen) atoms. The zero-order valence-corrected chi connectivity index (χ0v) is 13.5. The fourth-order valence-corrected chi connectivity index (χ4v) is 2.59. The van der Waals surface area contributed by atoms with Gasteiger partial charge < -0.3 is 19.1 Å². The number of benzene rings is 1. The van der Waals surface area contributed by atoms with E-state index in [0.717, 1.165) is 5.56 Å². The van der Waals surface area contributed by atoms with Crippen molar-refractivity contribution in [1.82, 2.24) is 4.57 Å². The number of carboxylic acids is 1. The van der Waals surface area contributed by atoms with Gasteiger partial charge in [0, 0.05) is 18.3 Å². The van der Waals surface area contributed by atoms with Crippen LogP contribution >= 0.6 is 0 Å². The summed E-state index contributed by atoms with van der Waals surface area (Å²) >= 11 is 0. The molecular weight excluding hydrogens is 298 g/mol. The summed E-state index contributed by atoms with van der Waals surface area (Å²) in [6.45, 7) is 1.79. The molecule has 0 saturated heterocycles. The van der Waals surface area contributed by atoms with Gasteiger partial charge in [0.2, 0.25) is 5.78 Å². The Kier molecular flexibility index (Phi) is 4.74. The van der Waals surface area contributed by atoms with Crippen molar-refractivity contribution in [2.24, 2.45) is 7.05 Å². The first-order chi connectivity index (χ1) is 10.9. The van der Waals surface area contributed by atoms with Gasteiger partial charge in [-0.05, 0) is 36.8 Å². The zero-order chi connectivity index (χ0) is 17.1. The van der Waals surface area contributed by atoms with E-state index >= 15 is 0 Å². The van der Waals surface area contributed by atoms with Crippen molar-refractivity contribution >= 4 is 11.8 Å². The summed E-state index contributed by atoms with van der Waals surface area (Å²) in [4.78, 5) is 23.7. The van der Waals surface area contributed by atoms with Crippen molar-refractivity contribution in [3.8, 4) is 11.5 Å². The molecule has 0 aliphatic heterocycles. The number of hydrogen-bond donors (Lipinski definition) is 1. The van der Waals surface area contributed by atoms with E-state index in [1.54, 1.807) is 42.8 Å². The van der Waals surface area contributed by atoms with Crippen LogP contribution in [0.25, 0.3) is 0 Å². The largest absolute Gasteiger partial charge is 0.493 e. The fraction of sp³-hybridized carbons (Fsp3) is 0.294. The molecule has 0 spiro atoms. The Hall–Kier alpha value is -2.76. The van der Waals surface area contributed by atoms with Crippen LogP contribution < -0.4 is 9.47 Å². The van der Waals surface area contributed by atoms with E-state index in [-0.39, 0.29) is 12.2 Å². The smallest absolute Gasteiger partial charge is 0.309 e. The molecule has 6 heteroatoms. The highest BCUT2D eigenvalue weighted by Crippen LogP contribution is 2.29. The van der Waals surface area contributed by atoms with Gasteiger partial charge in [-0.25, -0.2) is 0 Å². The number of carbonyl (C=O) groups excluding carboxylic acids is 1. The van der Waals surface area contributed by atoms with Crippen LogP contribution in [0.4, 0.5) is 0 Å². The third-order valence-electron chi connectivity index (χ3n) is 3.72. The maximum absolute atomic E-state index is 12.8. The molecule has 0 saturated carbocycles. The molecule has 1 heterocycles. The Morgan fingerprint density at radius 2 is 1.78 bits per heavy atom. The minimum atomic E-state index is -0.935. The minimum absolute atomic E-state index is 0.128. The number of ketones is 1. The quantitative estimate of drug-likeness (QED) is 0.827. The number of aryl methyl sites for hydroxylation is 1. The van der Waals surface area contributed by atoms with Crippen LogP contribution in [0, 0.1) is 6.92 Å². The van der Waals surface area contributed by atoms with Crippen molar-refractivity contribution in [2.75, 3.05) is 14.2 Å². The summed E-state index contributed by atoms with van der Waals surface area (Å²) < 4.78 is 12.0. The molecule has 0 aliphatic rings. The number of rotatable bonds is 6. The highest BCUT2D eigenvalue weighted by molar-refractivity contribution is 6.09.